The normalized spacial score (nSPS) is 10.8. The predicted molar refractivity (Wildman–Crippen MR) is 68.9 cm³/mol. The summed E-state index contributed by atoms with van der Waals surface area (Å²) in [5.74, 6) is 0.890. The van der Waals surface area contributed by atoms with Crippen molar-refractivity contribution < 1.29 is 19.1 Å². The second-order valence-electron chi connectivity index (χ2n) is 4.03. The Morgan fingerprint density at radius 3 is 2.53 bits per heavy atom. The predicted octanol–water partition coefficient (Wildman–Crippen LogP) is 2.04. The minimum absolute atomic E-state index is 0.00237. The summed E-state index contributed by atoms with van der Waals surface area (Å²) in [6.45, 7) is 9.07. The van der Waals surface area contributed by atoms with Crippen molar-refractivity contribution in [3.63, 3.8) is 0 Å². The summed E-state index contributed by atoms with van der Waals surface area (Å²) in [7, 11) is 0. The van der Waals surface area contributed by atoms with Crippen molar-refractivity contribution in [2.75, 3.05) is 24.7 Å². The number of hydrogen-bond acceptors (Lipinski definition) is 5. The number of ether oxygens (including phenoxy) is 2. The van der Waals surface area contributed by atoms with E-state index in [1.165, 1.54) is 0 Å². The second kappa shape index (κ2) is 8.17. The van der Waals surface area contributed by atoms with E-state index in [-0.39, 0.29) is 12.6 Å². The molecule has 5 heteroatoms. The minimum atomic E-state index is -0.824. The fourth-order valence-corrected chi connectivity index (χ4v) is 1.39. The van der Waals surface area contributed by atoms with Crippen molar-refractivity contribution in [2.45, 2.75) is 20.8 Å². The molecule has 0 rings (SSSR count). The Morgan fingerprint density at radius 1 is 1.35 bits per heavy atom. The van der Waals surface area contributed by atoms with Gasteiger partial charge in [-0.2, -0.15) is 11.8 Å². The van der Waals surface area contributed by atoms with Gasteiger partial charge in [0.05, 0.1) is 5.41 Å². The molecule has 0 N–H and O–H groups in total. The third kappa shape index (κ3) is 7.05. The Hall–Kier alpha value is -0.970. The molecule has 0 atom stereocenters. The summed E-state index contributed by atoms with van der Waals surface area (Å²) < 4.78 is 9.94. The lowest BCUT2D eigenvalue weighted by Gasteiger charge is -2.21. The molecular weight excluding hydrogens is 240 g/mol. The summed E-state index contributed by atoms with van der Waals surface area (Å²) in [5.41, 5.74) is -0.824. The molecule has 98 valence electrons. The fraction of sp³-hybridized carbons (Fsp3) is 0.667. The molecule has 0 aliphatic rings. The fourth-order valence-electron chi connectivity index (χ4n) is 0.902. The zero-order chi connectivity index (χ0) is 13.3. The van der Waals surface area contributed by atoms with E-state index in [1.54, 1.807) is 25.6 Å². The van der Waals surface area contributed by atoms with Crippen molar-refractivity contribution in [3.05, 3.63) is 12.7 Å². The topological polar surface area (TPSA) is 52.6 Å². The molecule has 0 radical (unpaired) electrons. The Bertz CT molecular complexity index is 274. The highest BCUT2D eigenvalue weighted by Crippen LogP contribution is 2.18. The summed E-state index contributed by atoms with van der Waals surface area (Å²) in [5, 5.41) is 0. The maximum Gasteiger partial charge on any atom is 0.330 e. The minimum Gasteiger partial charge on any atom is -0.464 e. The van der Waals surface area contributed by atoms with Gasteiger partial charge in [-0.3, -0.25) is 4.79 Å². The van der Waals surface area contributed by atoms with Crippen molar-refractivity contribution >= 4 is 23.7 Å². The van der Waals surface area contributed by atoms with Crippen molar-refractivity contribution in [2.24, 2.45) is 5.41 Å². The number of rotatable bonds is 8. The molecule has 0 aromatic carbocycles. The van der Waals surface area contributed by atoms with E-state index < -0.39 is 11.4 Å². The van der Waals surface area contributed by atoms with E-state index in [4.69, 9.17) is 9.47 Å². The maximum absolute atomic E-state index is 11.7. The number of esters is 2. The molecule has 17 heavy (non-hydrogen) atoms. The molecule has 0 aliphatic carbocycles. The third-order valence-corrected chi connectivity index (χ3v) is 2.82. The van der Waals surface area contributed by atoms with Crippen LogP contribution in [0, 0.1) is 5.41 Å². The van der Waals surface area contributed by atoms with Gasteiger partial charge in [0.25, 0.3) is 0 Å². The smallest absolute Gasteiger partial charge is 0.330 e. The van der Waals surface area contributed by atoms with Crippen LogP contribution >= 0.6 is 11.8 Å². The average molecular weight is 260 g/mol. The van der Waals surface area contributed by atoms with E-state index >= 15 is 0 Å². The lowest BCUT2D eigenvalue weighted by atomic mass is 9.95. The zero-order valence-corrected chi connectivity index (χ0v) is 11.5. The van der Waals surface area contributed by atoms with E-state index in [9.17, 15) is 9.59 Å². The molecule has 0 bridgehead atoms. The molecule has 0 aromatic rings. The summed E-state index contributed by atoms with van der Waals surface area (Å²) >= 11 is 1.71. The van der Waals surface area contributed by atoms with Gasteiger partial charge in [0.15, 0.2) is 0 Å². The van der Waals surface area contributed by atoms with Gasteiger partial charge in [-0.05, 0) is 19.6 Å². The SMILES string of the molecule is C=CC(=O)OCC(C)(C)C(=O)OCCSCC. The van der Waals surface area contributed by atoms with Crippen molar-refractivity contribution in [3.8, 4) is 0 Å². The molecule has 0 heterocycles. The van der Waals surface area contributed by atoms with Crippen LogP contribution in [0.1, 0.15) is 20.8 Å². The Labute approximate surface area is 107 Å². The van der Waals surface area contributed by atoms with Gasteiger partial charge in [0.2, 0.25) is 0 Å². The quantitative estimate of drug-likeness (QED) is 0.380. The van der Waals surface area contributed by atoms with Crippen LogP contribution in [-0.2, 0) is 19.1 Å². The molecule has 0 saturated carbocycles. The molecule has 4 nitrogen and oxygen atoms in total. The Morgan fingerprint density at radius 2 is 2.00 bits per heavy atom. The van der Waals surface area contributed by atoms with Crippen LogP contribution in [0.4, 0.5) is 0 Å². The van der Waals surface area contributed by atoms with Gasteiger partial charge in [0, 0.05) is 11.8 Å². The summed E-state index contributed by atoms with van der Waals surface area (Å²) in [4.78, 5) is 22.6. The number of thioether (sulfide) groups is 1. The third-order valence-electron chi connectivity index (χ3n) is 1.96. The monoisotopic (exact) mass is 260 g/mol. The lowest BCUT2D eigenvalue weighted by molar-refractivity contribution is -0.159. The van der Waals surface area contributed by atoms with E-state index in [0.29, 0.717) is 6.61 Å². The first-order chi connectivity index (χ1) is 7.94. The number of hydrogen-bond donors (Lipinski definition) is 0. The summed E-state index contributed by atoms with van der Waals surface area (Å²) in [6.07, 6.45) is 1.07. The number of carbonyl (C=O) groups is 2. The van der Waals surface area contributed by atoms with Crippen LogP contribution in [-0.4, -0.2) is 36.7 Å². The van der Waals surface area contributed by atoms with Crippen molar-refractivity contribution in [1.82, 2.24) is 0 Å². The van der Waals surface area contributed by atoms with Gasteiger partial charge in [-0.25, -0.2) is 4.79 Å². The van der Waals surface area contributed by atoms with Crippen LogP contribution in [0.3, 0.4) is 0 Å². The van der Waals surface area contributed by atoms with Crippen molar-refractivity contribution in [1.29, 1.82) is 0 Å². The first kappa shape index (κ1) is 16.0. The van der Waals surface area contributed by atoms with E-state index in [0.717, 1.165) is 17.6 Å². The van der Waals surface area contributed by atoms with Gasteiger partial charge < -0.3 is 9.47 Å². The van der Waals surface area contributed by atoms with Crippen LogP contribution in [0.5, 0.6) is 0 Å². The molecule has 0 amide bonds. The van der Waals surface area contributed by atoms with Gasteiger partial charge in [0.1, 0.15) is 13.2 Å². The van der Waals surface area contributed by atoms with Crippen LogP contribution < -0.4 is 0 Å². The highest BCUT2D eigenvalue weighted by molar-refractivity contribution is 7.99. The zero-order valence-electron chi connectivity index (χ0n) is 10.7. The molecule has 0 saturated heterocycles. The van der Waals surface area contributed by atoms with Crippen LogP contribution in [0.15, 0.2) is 12.7 Å². The van der Waals surface area contributed by atoms with Crippen LogP contribution in [0.2, 0.25) is 0 Å². The highest BCUT2D eigenvalue weighted by atomic mass is 32.2. The molecule has 0 unspecified atom stereocenters. The largest absolute Gasteiger partial charge is 0.464 e. The molecule has 0 fully saturated rings. The average Bonchev–Trinajstić information content (AvgIpc) is 2.31. The van der Waals surface area contributed by atoms with Gasteiger partial charge in [-0.1, -0.05) is 13.5 Å². The summed E-state index contributed by atoms with van der Waals surface area (Å²) in [6, 6.07) is 0. The van der Waals surface area contributed by atoms with Gasteiger partial charge in [-0.15, -0.1) is 0 Å². The van der Waals surface area contributed by atoms with Gasteiger partial charge >= 0.3 is 11.9 Å². The Kier molecular flexibility index (Phi) is 7.70. The van der Waals surface area contributed by atoms with E-state index in [2.05, 4.69) is 6.58 Å². The second-order valence-corrected chi connectivity index (χ2v) is 5.42. The standard InChI is InChI=1S/C12H20O4S/c1-5-10(13)16-9-12(3,4)11(14)15-7-8-17-6-2/h5H,1,6-9H2,2-4H3. The molecule has 0 spiro atoms. The van der Waals surface area contributed by atoms with Crippen LogP contribution in [0.25, 0.3) is 0 Å². The molecule has 0 aromatic heterocycles. The maximum atomic E-state index is 11.7. The number of carbonyl (C=O) groups excluding carboxylic acids is 2. The molecular formula is C12H20O4S. The first-order valence-electron chi connectivity index (χ1n) is 5.48. The highest BCUT2D eigenvalue weighted by Gasteiger charge is 2.30. The van der Waals surface area contributed by atoms with E-state index in [1.807, 2.05) is 6.92 Å². The Balaban J connectivity index is 3.97. The first-order valence-corrected chi connectivity index (χ1v) is 6.63. The lowest BCUT2D eigenvalue weighted by Crippen LogP contribution is -2.32. The molecule has 0 aliphatic heterocycles.